The Morgan fingerprint density at radius 1 is 1.12 bits per heavy atom. The predicted octanol–water partition coefficient (Wildman–Crippen LogP) is 5.38. The van der Waals surface area contributed by atoms with E-state index in [9.17, 15) is 0 Å². The zero-order chi connectivity index (χ0) is 17.6. The lowest BCUT2D eigenvalue weighted by Gasteiger charge is -2.16. The van der Waals surface area contributed by atoms with Gasteiger partial charge in [-0.05, 0) is 43.0 Å². The standard InChI is InChI=1S/C21H26BrNO2/c1-15-6-5-7-16(10-15)14-25-21-12-19(22)17(11-20(21)24-2)13-23-18-8-3-4-9-18/h5-7,10-12,18,23H,3-4,8-9,13-14H2,1-2H3. The quantitative estimate of drug-likeness (QED) is 0.672. The van der Waals surface area contributed by atoms with Gasteiger partial charge in [0, 0.05) is 17.1 Å². The molecule has 25 heavy (non-hydrogen) atoms. The van der Waals surface area contributed by atoms with Crippen LogP contribution in [0.2, 0.25) is 0 Å². The van der Waals surface area contributed by atoms with Crippen LogP contribution in [0.1, 0.15) is 42.4 Å². The summed E-state index contributed by atoms with van der Waals surface area (Å²) in [7, 11) is 1.69. The van der Waals surface area contributed by atoms with Crippen LogP contribution < -0.4 is 14.8 Å². The molecule has 1 saturated carbocycles. The van der Waals surface area contributed by atoms with Gasteiger partial charge in [0.25, 0.3) is 0 Å². The van der Waals surface area contributed by atoms with Crippen molar-refractivity contribution >= 4 is 15.9 Å². The summed E-state index contributed by atoms with van der Waals surface area (Å²) >= 11 is 3.68. The molecule has 134 valence electrons. The summed E-state index contributed by atoms with van der Waals surface area (Å²) in [5, 5.41) is 3.65. The third-order valence-electron chi connectivity index (χ3n) is 4.75. The van der Waals surface area contributed by atoms with Crippen molar-refractivity contribution in [2.75, 3.05) is 7.11 Å². The number of benzene rings is 2. The van der Waals surface area contributed by atoms with E-state index in [4.69, 9.17) is 9.47 Å². The normalized spacial score (nSPS) is 14.7. The molecule has 0 unspecified atom stereocenters. The highest BCUT2D eigenvalue weighted by Gasteiger charge is 2.16. The molecule has 0 amide bonds. The minimum absolute atomic E-state index is 0.532. The first-order valence-electron chi connectivity index (χ1n) is 8.94. The van der Waals surface area contributed by atoms with Gasteiger partial charge in [0.05, 0.1) is 7.11 Å². The summed E-state index contributed by atoms with van der Waals surface area (Å²) in [5.41, 5.74) is 3.60. The minimum atomic E-state index is 0.532. The summed E-state index contributed by atoms with van der Waals surface area (Å²) < 4.78 is 12.6. The van der Waals surface area contributed by atoms with Crippen LogP contribution in [0, 0.1) is 6.92 Å². The second kappa shape index (κ2) is 8.72. The third kappa shape index (κ3) is 4.99. The summed E-state index contributed by atoms with van der Waals surface area (Å²) in [6.07, 6.45) is 5.25. The maximum absolute atomic E-state index is 6.01. The molecule has 0 spiro atoms. The number of hydrogen-bond donors (Lipinski definition) is 1. The summed E-state index contributed by atoms with van der Waals surface area (Å²) in [5.74, 6) is 1.54. The molecule has 1 fully saturated rings. The van der Waals surface area contributed by atoms with Gasteiger partial charge >= 0.3 is 0 Å². The lowest BCUT2D eigenvalue weighted by Crippen LogP contribution is -2.25. The molecular formula is C21H26BrNO2. The lowest BCUT2D eigenvalue weighted by atomic mass is 10.1. The zero-order valence-electron chi connectivity index (χ0n) is 15.0. The van der Waals surface area contributed by atoms with E-state index in [0.29, 0.717) is 12.6 Å². The smallest absolute Gasteiger partial charge is 0.162 e. The fraction of sp³-hybridized carbons (Fsp3) is 0.429. The molecule has 0 aromatic heterocycles. The Morgan fingerprint density at radius 2 is 1.92 bits per heavy atom. The monoisotopic (exact) mass is 403 g/mol. The first-order valence-corrected chi connectivity index (χ1v) is 9.73. The highest BCUT2D eigenvalue weighted by Crippen LogP contribution is 2.34. The van der Waals surface area contributed by atoms with E-state index in [1.54, 1.807) is 7.11 Å². The Hall–Kier alpha value is -1.52. The summed E-state index contributed by atoms with van der Waals surface area (Å²) in [6, 6.07) is 13.1. The van der Waals surface area contributed by atoms with Crippen LogP contribution in [0.3, 0.4) is 0 Å². The number of halogens is 1. The average Bonchev–Trinajstić information content (AvgIpc) is 3.12. The Bertz CT molecular complexity index is 711. The van der Waals surface area contributed by atoms with Crippen LogP contribution in [0.5, 0.6) is 11.5 Å². The van der Waals surface area contributed by atoms with Crippen molar-refractivity contribution in [1.29, 1.82) is 0 Å². The van der Waals surface area contributed by atoms with Crippen molar-refractivity contribution in [3.8, 4) is 11.5 Å². The number of hydrogen-bond acceptors (Lipinski definition) is 3. The number of rotatable bonds is 7. The molecular weight excluding hydrogens is 378 g/mol. The predicted molar refractivity (Wildman–Crippen MR) is 105 cm³/mol. The molecule has 0 aliphatic heterocycles. The van der Waals surface area contributed by atoms with Gasteiger partial charge in [-0.3, -0.25) is 0 Å². The number of nitrogens with one attached hydrogen (secondary N) is 1. The fourth-order valence-corrected chi connectivity index (χ4v) is 3.79. The molecule has 2 aromatic rings. The first-order chi connectivity index (χ1) is 12.2. The Labute approximate surface area is 158 Å². The maximum atomic E-state index is 6.01. The fourth-order valence-electron chi connectivity index (χ4n) is 3.33. The van der Waals surface area contributed by atoms with E-state index >= 15 is 0 Å². The van der Waals surface area contributed by atoms with Gasteiger partial charge in [-0.2, -0.15) is 0 Å². The number of aryl methyl sites for hydroxylation is 1. The van der Waals surface area contributed by atoms with E-state index in [1.807, 2.05) is 6.07 Å². The third-order valence-corrected chi connectivity index (χ3v) is 5.48. The van der Waals surface area contributed by atoms with Crippen LogP contribution in [0.4, 0.5) is 0 Å². The Balaban J connectivity index is 1.67. The molecule has 2 aromatic carbocycles. The topological polar surface area (TPSA) is 30.5 Å². The highest BCUT2D eigenvalue weighted by molar-refractivity contribution is 9.10. The van der Waals surface area contributed by atoms with E-state index in [0.717, 1.165) is 28.1 Å². The number of ether oxygens (including phenoxy) is 2. The second-order valence-corrected chi connectivity index (χ2v) is 7.59. The van der Waals surface area contributed by atoms with E-state index in [-0.39, 0.29) is 0 Å². The van der Waals surface area contributed by atoms with Gasteiger partial charge in [-0.15, -0.1) is 0 Å². The molecule has 0 heterocycles. The molecule has 3 nitrogen and oxygen atoms in total. The van der Waals surface area contributed by atoms with Gasteiger partial charge in [-0.1, -0.05) is 58.6 Å². The van der Waals surface area contributed by atoms with Crippen molar-refractivity contribution in [1.82, 2.24) is 5.32 Å². The van der Waals surface area contributed by atoms with Crippen molar-refractivity contribution in [2.24, 2.45) is 0 Å². The molecule has 1 N–H and O–H groups in total. The van der Waals surface area contributed by atoms with Crippen molar-refractivity contribution in [3.63, 3.8) is 0 Å². The van der Waals surface area contributed by atoms with Crippen molar-refractivity contribution in [3.05, 3.63) is 57.6 Å². The largest absolute Gasteiger partial charge is 0.493 e. The molecule has 0 radical (unpaired) electrons. The van der Waals surface area contributed by atoms with Crippen LogP contribution >= 0.6 is 15.9 Å². The number of methoxy groups -OCH3 is 1. The molecule has 1 aliphatic carbocycles. The maximum Gasteiger partial charge on any atom is 0.162 e. The minimum Gasteiger partial charge on any atom is -0.493 e. The molecule has 0 atom stereocenters. The summed E-state index contributed by atoms with van der Waals surface area (Å²) in [4.78, 5) is 0. The molecule has 1 aliphatic rings. The zero-order valence-corrected chi connectivity index (χ0v) is 16.6. The second-order valence-electron chi connectivity index (χ2n) is 6.73. The average molecular weight is 404 g/mol. The van der Waals surface area contributed by atoms with Gasteiger partial charge in [0.2, 0.25) is 0 Å². The Morgan fingerprint density at radius 3 is 2.64 bits per heavy atom. The van der Waals surface area contributed by atoms with Gasteiger partial charge in [0.1, 0.15) is 6.61 Å². The van der Waals surface area contributed by atoms with Crippen LogP contribution in [0.25, 0.3) is 0 Å². The van der Waals surface area contributed by atoms with E-state index in [2.05, 4.69) is 58.5 Å². The van der Waals surface area contributed by atoms with Crippen LogP contribution in [0.15, 0.2) is 40.9 Å². The lowest BCUT2D eigenvalue weighted by molar-refractivity contribution is 0.284. The van der Waals surface area contributed by atoms with Gasteiger partial charge in [-0.25, -0.2) is 0 Å². The SMILES string of the molecule is COc1cc(CNC2CCCC2)c(Br)cc1OCc1cccc(C)c1. The summed E-state index contributed by atoms with van der Waals surface area (Å²) in [6.45, 7) is 3.47. The molecule has 0 bridgehead atoms. The first kappa shape index (κ1) is 18.3. The Kier molecular flexibility index (Phi) is 6.38. The van der Waals surface area contributed by atoms with Crippen molar-refractivity contribution < 1.29 is 9.47 Å². The van der Waals surface area contributed by atoms with E-state index in [1.165, 1.54) is 36.8 Å². The van der Waals surface area contributed by atoms with Crippen molar-refractivity contribution in [2.45, 2.75) is 51.8 Å². The van der Waals surface area contributed by atoms with Crippen LogP contribution in [-0.2, 0) is 13.2 Å². The van der Waals surface area contributed by atoms with Gasteiger partial charge in [0.15, 0.2) is 11.5 Å². The highest BCUT2D eigenvalue weighted by atomic mass is 79.9. The molecule has 3 rings (SSSR count). The molecule has 4 heteroatoms. The molecule has 0 saturated heterocycles. The van der Waals surface area contributed by atoms with Gasteiger partial charge < -0.3 is 14.8 Å². The van der Waals surface area contributed by atoms with E-state index < -0.39 is 0 Å². The van der Waals surface area contributed by atoms with Crippen LogP contribution in [-0.4, -0.2) is 13.2 Å².